The predicted molar refractivity (Wildman–Crippen MR) is 71.7 cm³/mol. The number of anilines is 1. The first-order valence-corrected chi connectivity index (χ1v) is 6.12. The number of amides is 1. The molecule has 0 aliphatic carbocycles. The van der Waals surface area contributed by atoms with Gasteiger partial charge in [-0.3, -0.25) is 4.79 Å². The third-order valence-electron chi connectivity index (χ3n) is 2.54. The van der Waals surface area contributed by atoms with Gasteiger partial charge in [-0.25, -0.2) is 4.98 Å². The van der Waals surface area contributed by atoms with E-state index in [2.05, 4.69) is 10.3 Å². The minimum atomic E-state index is -0.0926. The quantitative estimate of drug-likeness (QED) is 0.922. The maximum Gasteiger partial charge on any atom is 0.244 e. The number of aromatic nitrogens is 2. The summed E-state index contributed by atoms with van der Waals surface area (Å²) < 4.78 is 1.83. The van der Waals surface area contributed by atoms with Crippen LogP contribution in [0, 0.1) is 0 Å². The molecule has 1 aromatic carbocycles. The third kappa shape index (κ3) is 3.11. The van der Waals surface area contributed by atoms with Gasteiger partial charge in [-0.05, 0) is 18.2 Å². The van der Waals surface area contributed by atoms with Crippen LogP contribution in [0.3, 0.4) is 0 Å². The van der Waals surface area contributed by atoms with Crippen LogP contribution >= 0.6 is 11.6 Å². The number of nitrogens with one attached hydrogen (secondary N) is 1. The zero-order valence-electron chi connectivity index (χ0n) is 10.1. The van der Waals surface area contributed by atoms with Crippen molar-refractivity contribution in [1.29, 1.82) is 0 Å². The van der Waals surface area contributed by atoms with E-state index in [4.69, 9.17) is 11.6 Å². The van der Waals surface area contributed by atoms with Crippen molar-refractivity contribution in [2.45, 2.75) is 19.9 Å². The first kappa shape index (κ1) is 12.6. The SMILES string of the molecule is CCc1nccn1CC(=O)Nc1cccc(Cl)c1. The van der Waals surface area contributed by atoms with Crippen LogP contribution in [-0.4, -0.2) is 15.5 Å². The number of hydrogen-bond acceptors (Lipinski definition) is 2. The van der Waals surface area contributed by atoms with Gasteiger partial charge in [0.1, 0.15) is 12.4 Å². The number of halogens is 1. The van der Waals surface area contributed by atoms with E-state index >= 15 is 0 Å². The molecule has 0 spiro atoms. The minimum Gasteiger partial charge on any atom is -0.326 e. The lowest BCUT2D eigenvalue weighted by Gasteiger charge is -2.08. The summed E-state index contributed by atoms with van der Waals surface area (Å²) in [7, 11) is 0. The maximum atomic E-state index is 11.9. The van der Waals surface area contributed by atoms with Crippen molar-refractivity contribution in [2.24, 2.45) is 0 Å². The van der Waals surface area contributed by atoms with E-state index in [0.717, 1.165) is 12.2 Å². The average Bonchev–Trinajstić information content (AvgIpc) is 2.76. The van der Waals surface area contributed by atoms with Gasteiger partial charge in [-0.15, -0.1) is 0 Å². The molecule has 94 valence electrons. The van der Waals surface area contributed by atoms with E-state index in [9.17, 15) is 4.79 Å². The number of hydrogen-bond donors (Lipinski definition) is 1. The topological polar surface area (TPSA) is 46.9 Å². The normalized spacial score (nSPS) is 10.3. The van der Waals surface area contributed by atoms with Crippen LogP contribution in [0.25, 0.3) is 0 Å². The van der Waals surface area contributed by atoms with Gasteiger partial charge in [-0.1, -0.05) is 24.6 Å². The summed E-state index contributed by atoms with van der Waals surface area (Å²) in [5.74, 6) is 0.807. The second-order valence-electron chi connectivity index (χ2n) is 3.88. The van der Waals surface area contributed by atoms with Crippen molar-refractivity contribution in [1.82, 2.24) is 9.55 Å². The Labute approximate surface area is 111 Å². The number of carbonyl (C=O) groups is 1. The second kappa shape index (κ2) is 5.69. The lowest BCUT2D eigenvalue weighted by Crippen LogP contribution is -2.19. The van der Waals surface area contributed by atoms with E-state index in [0.29, 0.717) is 10.7 Å². The summed E-state index contributed by atoms with van der Waals surface area (Å²) in [5, 5.41) is 3.40. The number of nitrogens with zero attached hydrogens (tertiary/aromatic N) is 2. The van der Waals surface area contributed by atoms with Gasteiger partial charge in [0.2, 0.25) is 5.91 Å². The number of benzene rings is 1. The maximum absolute atomic E-state index is 11.9. The smallest absolute Gasteiger partial charge is 0.244 e. The summed E-state index contributed by atoms with van der Waals surface area (Å²) in [6.07, 6.45) is 4.30. The highest BCUT2D eigenvalue weighted by atomic mass is 35.5. The molecule has 1 heterocycles. The summed E-state index contributed by atoms with van der Waals surface area (Å²) >= 11 is 5.85. The Bertz CT molecular complexity index is 551. The molecular weight excluding hydrogens is 250 g/mol. The fourth-order valence-corrected chi connectivity index (χ4v) is 1.91. The second-order valence-corrected chi connectivity index (χ2v) is 4.32. The van der Waals surface area contributed by atoms with Crippen molar-refractivity contribution in [2.75, 3.05) is 5.32 Å². The molecule has 0 bridgehead atoms. The summed E-state index contributed by atoms with van der Waals surface area (Å²) in [4.78, 5) is 16.0. The Kier molecular flexibility index (Phi) is 3.99. The van der Waals surface area contributed by atoms with Gasteiger partial charge < -0.3 is 9.88 Å². The number of imidazole rings is 1. The molecule has 0 saturated heterocycles. The predicted octanol–water partition coefficient (Wildman–Crippen LogP) is 2.74. The van der Waals surface area contributed by atoms with Crippen molar-refractivity contribution >= 4 is 23.2 Å². The van der Waals surface area contributed by atoms with Crippen molar-refractivity contribution in [3.63, 3.8) is 0 Å². The highest BCUT2D eigenvalue weighted by Gasteiger charge is 2.06. The average molecular weight is 264 g/mol. The third-order valence-corrected chi connectivity index (χ3v) is 2.78. The van der Waals surface area contributed by atoms with Crippen LogP contribution in [0.5, 0.6) is 0 Å². The highest BCUT2D eigenvalue weighted by Crippen LogP contribution is 2.14. The highest BCUT2D eigenvalue weighted by molar-refractivity contribution is 6.30. The van der Waals surface area contributed by atoms with Gasteiger partial charge in [0.05, 0.1) is 0 Å². The molecule has 1 amide bonds. The zero-order chi connectivity index (χ0) is 13.0. The summed E-state index contributed by atoms with van der Waals surface area (Å²) in [6.45, 7) is 2.27. The molecule has 0 unspecified atom stereocenters. The lowest BCUT2D eigenvalue weighted by atomic mass is 10.3. The van der Waals surface area contributed by atoms with Crippen LogP contribution in [0.4, 0.5) is 5.69 Å². The van der Waals surface area contributed by atoms with Gasteiger partial charge in [0.15, 0.2) is 0 Å². The van der Waals surface area contributed by atoms with Crippen LogP contribution in [0.1, 0.15) is 12.7 Å². The van der Waals surface area contributed by atoms with E-state index < -0.39 is 0 Å². The Morgan fingerprint density at radius 3 is 3.06 bits per heavy atom. The standard InChI is InChI=1S/C13H14ClN3O/c1-2-12-15-6-7-17(12)9-13(18)16-11-5-3-4-10(14)8-11/h3-8H,2,9H2,1H3,(H,16,18). The zero-order valence-corrected chi connectivity index (χ0v) is 10.8. The van der Waals surface area contributed by atoms with Gasteiger partial charge >= 0.3 is 0 Å². The molecule has 0 aliphatic rings. The largest absolute Gasteiger partial charge is 0.326 e. The van der Waals surface area contributed by atoms with Gasteiger partial charge in [0.25, 0.3) is 0 Å². The first-order valence-electron chi connectivity index (χ1n) is 5.74. The summed E-state index contributed by atoms with van der Waals surface area (Å²) in [5.41, 5.74) is 0.700. The monoisotopic (exact) mass is 263 g/mol. The van der Waals surface area contributed by atoms with E-state index in [1.165, 1.54) is 0 Å². The molecule has 0 atom stereocenters. The molecule has 1 aromatic heterocycles. The molecular formula is C13H14ClN3O. The van der Waals surface area contributed by atoms with E-state index in [-0.39, 0.29) is 12.5 Å². The molecule has 0 radical (unpaired) electrons. The Morgan fingerprint density at radius 1 is 1.50 bits per heavy atom. The van der Waals surface area contributed by atoms with Gasteiger partial charge in [0, 0.05) is 29.5 Å². The van der Waals surface area contributed by atoms with E-state index in [1.807, 2.05) is 11.5 Å². The van der Waals surface area contributed by atoms with Crippen molar-refractivity contribution in [3.05, 3.63) is 47.5 Å². The Hall–Kier alpha value is -1.81. The van der Waals surface area contributed by atoms with E-state index in [1.54, 1.807) is 36.7 Å². The molecule has 2 aromatic rings. The number of aryl methyl sites for hydroxylation is 1. The molecule has 2 rings (SSSR count). The molecule has 0 saturated carbocycles. The molecule has 0 aliphatic heterocycles. The molecule has 1 N–H and O–H groups in total. The van der Waals surface area contributed by atoms with Gasteiger partial charge in [-0.2, -0.15) is 0 Å². The molecule has 0 fully saturated rings. The Balaban J connectivity index is 2.01. The fraction of sp³-hybridized carbons (Fsp3) is 0.231. The van der Waals surface area contributed by atoms with Crippen LogP contribution in [0.15, 0.2) is 36.7 Å². The number of carbonyl (C=O) groups excluding carboxylic acids is 1. The molecule has 5 heteroatoms. The molecule has 18 heavy (non-hydrogen) atoms. The first-order chi connectivity index (χ1) is 8.69. The van der Waals surface area contributed by atoms with Crippen molar-refractivity contribution < 1.29 is 4.79 Å². The van der Waals surface area contributed by atoms with Crippen molar-refractivity contribution in [3.8, 4) is 0 Å². The number of rotatable bonds is 4. The molecule has 4 nitrogen and oxygen atoms in total. The minimum absolute atomic E-state index is 0.0926. The van der Waals surface area contributed by atoms with Crippen LogP contribution in [-0.2, 0) is 17.8 Å². The summed E-state index contributed by atoms with van der Waals surface area (Å²) in [6, 6.07) is 7.08. The lowest BCUT2D eigenvalue weighted by molar-refractivity contribution is -0.116. The Morgan fingerprint density at radius 2 is 2.33 bits per heavy atom. The van der Waals surface area contributed by atoms with Crippen LogP contribution < -0.4 is 5.32 Å². The fourth-order valence-electron chi connectivity index (χ4n) is 1.72. The van der Waals surface area contributed by atoms with Crippen LogP contribution in [0.2, 0.25) is 5.02 Å².